The third kappa shape index (κ3) is 4.71. The Kier molecular flexibility index (Phi) is 6.34. The van der Waals surface area contributed by atoms with Crippen molar-refractivity contribution in [2.24, 2.45) is 5.92 Å². The Morgan fingerprint density at radius 3 is 2.60 bits per heavy atom. The average Bonchev–Trinajstić information content (AvgIpc) is 2.36. The molecule has 0 aliphatic heterocycles. The van der Waals surface area contributed by atoms with E-state index in [1.807, 2.05) is 19.9 Å². The lowest BCUT2D eigenvalue weighted by molar-refractivity contribution is -0.137. The zero-order valence-corrected chi connectivity index (χ0v) is 13.4. The summed E-state index contributed by atoms with van der Waals surface area (Å²) in [5, 5.41) is 9.49. The van der Waals surface area contributed by atoms with Crippen LogP contribution in [0.15, 0.2) is 6.07 Å². The number of carboxylic acids is 1. The summed E-state index contributed by atoms with van der Waals surface area (Å²) in [6, 6.07) is 1.95. The van der Waals surface area contributed by atoms with Gasteiger partial charge in [-0.1, -0.05) is 25.4 Å². The number of rotatable bonds is 7. The van der Waals surface area contributed by atoms with Gasteiger partial charge in [-0.2, -0.15) is 0 Å². The van der Waals surface area contributed by atoms with Crippen LogP contribution in [0.2, 0.25) is 5.02 Å². The zero-order chi connectivity index (χ0) is 15.3. The van der Waals surface area contributed by atoms with E-state index in [9.17, 15) is 4.79 Å². The molecule has 1 N–H and O–H groups in total. The molecule has 0 saturated heterocycles. The smallest absolute Gasteiger partial charge is 0.303 e. The normalized spacial score (nSPS) is 10.9. The zero-order valence-electron chi connectivity index (χ0n) is 12.6. The minimum Gasteiger partial charge on any atom is -0.493 e. The molecule has 1 aromatic rings. The van der Waals surface area contributed by atoms with Crippen LogP contribution < -0.4 is 4.74 Å². The van der Waals surface area contributed by atoms with Gasteiger partial charge in [0.1, 0.15) is 5.75 Å². The van der Waals surface area contributed by atoms with Crippen LogP contribution in [-0.4, -0.2) is 17.7 Å². The molecule has 0 aromatic heterocycles. The van der Waals surface area contributed by atoms with E-state index in [0.717, 1.165) is 27.5 Å². The second-order valence-electron chi connectivity index (χ2n) is 5.56. The quantitative estimate of drug-likeness (QED) is 0.811. The summed E-state index contributed by atoms with van der Waals surface area (Å²) in [6.45, 7) is 8.76. The van der Waals surface area contributed by atoms with Gasteiger partial charge >= 0.3 is 5.97 Å². The summed E-state index contributed by atoms with van der Waals surface area (Å²) in [4.78, 5) is 10.6. The van der Waals surface area contributed by atoms with Gasteiger partial charge in [0.15, 0.2) is 0 Å². The summed E-state index contributed by atoms with van der Waals surface area (Å²) in [6.07, 6.45) is 1.42. The summed E-state index contributed by atoms with van der Waals surface area (Å²) in [5.74, 6) is 0.507. The average molecular weight is 299 g/mol. The highest BCUT2D eigenvalue weighted by molar-refractivity contribution is 6.32. The highest BCUT2D eigenvalue weighted by Gasteiger charge is 2.14. The monoisotopic (exact) mass is 298 g/mol. The number of ether oxygens (including phenoxy) is 1. The van der Waals surface area contributed by atoms with E-state index in [1.54, 1.807) is 0 Å². The van der Waals surface area contributed by atoms with E-state index < -0.39 is 5.97 Å². The van der Waals surface area contributed by atoms with Crippen LogP contribution in [0.4, 0.5) is 0 Å². The van der Waals surface area contributed by atoms with E-state index in [2.05, 4.69) is 13.8 Å². The third-order valence-corrected chi connectivity index (χ3v) is 3.74. The minimum absolute atomic E-state index is 0.161. The minimum atomic E-state index is -0.773. The van der Waals surface area contributed by atoms with E-state index in [1.165, 1.54) is 0 Å². The van der Waals surface area contributed by atoms with Crippen molar-refractivity contribution in [1.29, 1.82) is 0 Å². The fourth-order valence-electron chi connectivity index (χ4n) is 2.07. The molecule has 0 amide bonds. The molecule has 1 aromatic carbocycles. The topological polar surface area (TPSA) is 46.5 Å². The Balaban J connectivity index is 2.97. The summed E-state index contributed by atoms with van der Waals surface area (Å²) in [7, 11) is 0. The highest BCUT2D eigenvalue weighted by atomic mass is 35.5. The van der Waals surface area contributed by atoms with Gasteiger partial charge in [-0.05, 0) is 55.4 Å². The molecule has 4 heteroatoms. The molecular weight excluding hydrogens is 276 g/mol. The Labute approximate surface area is 125 Å². The molecule has 0 radical (unpaired) electrons. The second-order valence-corrected chi connectivity index (χ2v) is 5.94. The van der Waals surface area contributed by atoms with Crippen molar-refractivity contribution in [3.05, 3.63) is 27.8 Å². The van der Waals surface area contributed by atoms with Crippen LogP contribution in [0.25, 0.3) is 0 Å². The molecule has 0 saturated carbocycles. The lowest BCUT2D eigenvalue weighted by atomic mass is 9.99. The standard InChI is InChI=1S/C16H23ClO3/c1-10(2)9-20-14-8-11(3)16(17)12(4)13(14)6-5-7-15(18)19/h8,10H,5-7,9H2,1-4H3,(H,18,19). The molecule has 112 valence electrons. The number of halogens is 1. The van der Waals surface area contributed by atoms with Crippen LogP contribution in [0.1, 0.15) is 43.4 Å². The lowest BCUT2D eigenvalue weighted by Gasteiger charge is -2.18. The van der Waals surface area contributed by atoms with Crippen molar-refractivity contribution in [1.82, 2.24) is 0 Å². The number of carboxylic acid groups (broad SMARTS) is 1. The Hall–Kier alpha value is -1.22. The summed E-state index contributed by atoms with van der Waals surface area (Å²) in [5.41, 5.74) is 3.02. The van der Waals surface area contributed by atoms with Gasteiger partial charge in [0.25, 0.3) is 0 Å². The predicted octanol–water partition coefficient (Wildman–Crippen LogP) is 4.40. The van der Waals surface area contributed by atoms with Gasteiger partial charge in [-0.25, -0.2) is 0 Å². The fraction of sp³-hybridized carbons (Fsp3) is 0.562. The molecule has 1 rings (SSSR count). The van der Waals surface area contributed by atoms with Crippen LogP contribution in [-0.2, 0) is 11.2 Å². The van der Waals surface area contributed by atoms with E-state index in [0.29, 0.717) is 25.4 Å². The Morgan fingerprint density at radius 2 is 2.05 bits per heavy atom. The van der Waals surface area contributed by atoms with Gasteiger partial charge < -0.3 is 9.84 Å². The summed E-state index contributed by atoms with van der Waals surface area (Å²) >= 11 is 6.29. The Morgan fingerprint density at radius 1 is 1.40 bits per heavy atom. The number of benzene rings is 1. The molecule has 0 unspecified atom stereocenters. The van der Waals surface area contributed by atoms with Gasteiger partial charge in [0.05, 0.1) is 6.61 Å². The molecule has 0 spiro atoms. The molecule has 0 atom stereocenters. The second kappa shape index (κ2) is 7.53. The van der Waals surface area contributed by atoms with Gasteiger partial charge in [-0.3, -0.25) is 4.79 Å². The molecular formula is C16H23ClO3. The van der Waals surface area contributed by atoms with Crippen LogP contribution in [0.5, 0.6) is 5.75 Å². The molecule has 0 aliphatic carbocycles. The first kappa shape index (κ1) is 16.8. The molecule has 0 aliphatic rings. The first-order valence-corrected chi connectivity index (χ1v) is 7.33. The van der Waals surface area contributed by atoms with E-state index in [4.69, 9.17) is 21.4 Å². The fourth-order valence-corrected chi connectivity index (χ4v) is 2.24. The first-order valence-electron chi connectivity index (χ1n) is 6.96. The maximum atomic E-state index is 10.6. The van der Waals surface area contributed by atoms with Gasteiger partial charge in [0, 0.05) is 11.4 Å². The van der Waals surface area contributed by atoms with Crippen molar-refractivity contribution >= 4 is 17.6 Å². The number of aliphatic carboxylic acids is 1. The van der Waals surface area contributed by atoms with Gasteiger partial charge in [-0.15, -0.1) is 0 Å². The summed E-state index contributed by atoms with van der Waals surface area (Å²) < 4.78 is 5.87. The van der Waals surface area contributed by atoms with E-state index in [-0.39, 0.29) is 6.42 Å². The van der Waals surface area contributed by atoms with Crippen molar-refractivity contribution in [3.63, 3.8) is 0 Å². The van der Waals surface area contributed by atoms with Crippen molar-refractivity contribution < 1.29 is 14.6 Å². The number of hydrogen-bond acceptors (Lipinski definition) is 2. The third-order valence-electron chi connectivity index (χ3n) is 3.16. The molecule has 20 heavy (non-hydrogen) atoms. The van der Waals surface area contributed by atoms with Crippen LogP contribution in [0.3, 0.4) is 0 Å². The number of carbonyl (C=O) groups is 1. The molecule has 0 bridgehead atoms. The van der Waals surface area contributed by atoms with Crippen molar-refractivity contribution in [3.8, 4) is 5.75 Å². The molecule has 3 nitrogen and oxygen atoms in total. The molecule has 0 fully saturated rings. The predicted molar refractivity (Wildman–Crippen MR) is 81.8 cm³/mol. The number of hydrogen-bond donors (Lipinski definition) is 1. The van der Waals surface area contributed by atoms with Crippen molar-refractivity contribution in [2.75, 3.05) is 6.61 Å². The SMILES string of the molecule is Cc1cc(OCC(C)C)c(CCCC(=O)O)c(C)c1Cl. The lowest BCUT2D eigenvalue weighted by Crippen LogP contribution is -2.08. The first-order chi connectivity index (χ1) is 9.32. The largest absolute Gasteiger partial charge is 0.493 e. The highest BCUT2D eigenvalue weighted by Crippen LogP contribution is 2.33. The van der Waals surface area contributed by atoms with Crippen molar-refractivity contribution in [2.45, 2.75) is 47.0 Å². The number of aryl methyl sites for hydroxylation is 1. The Bertz CT molecular complexity index is 481. The van der Waals surface area contributed by atoms with E-state index >= 15 is 0 Å². The maximum Gasteiger partial charge on any atom is 0.303 e. The molecule has 0 heterocycles. The van der Waals surface area contributed by atoms with Crippen LogP contribution in [0, 0.1) is 19.8 Å². The maximum absolute atomic E-state index is 10.6. The van der Waals surface area contributed by atoms with Crippen LogP contribution >= 0.6 is 11.6 Å². The van der Waals surface area contributed by atoms with Gasteiger partial charge in [0.2, 0.25) is 0 Å².